The number of aromatic nitrogens is 1. The summed E-state index contributed by atoms with van der Waals surface area (Å²) in [4.78, 5) is 17.4. The highest BCUT2D eigenvalue weighted by Gasteiger charge is 2.40. The van der Waals surface area contributed by atoms with Crippen LogP contribution in [0.25, 0.3) is 10.2 Å². The molecule has 1 aliphatic heterocycles. The molecule has 1 aromatic carbocycles. The zero-order chi connectivity index (χ0) is 19.3. The van der Waals surface area contributed by atoms with Gasteiger partial charge in [0.15, 0.2) is 5.13 Å². The second-order valence-corrected chi connectivity index (χ2v) is 11.0. The summed E-state index contributed by atoms with van der Waals surface area (Å²) < 4.78 is 28.1. The average molecular weight is 418 g/mol. The Morgan fingerprint density at radius 2 is 1.96 bits per heavy atom. The smallest absolute Gasteiger partial charge is 0.243 e. The summed E-state index contributed by atoms with van der Waals surface area (Å²) >= 11 is 1.34. The van der Waals surface area contributed by atoms with Crippen molar-refractivity contribution in [1.82, 2.24) is 9.29 Å². The molecule has 3 aliphatic rings. The lowest BCUT2D eigenvalue weighted by molar-refractivity contribution is -0.120. The molecule has 1 N–H and O–H groups in total. The molecule has 2 fully saturated rings. The van der Waals surface area contributed by atoms with Gasteiger partial charge in [0.2, 0.25) is 15.9 Å². The number of anilines is 1. The van der Waals surface area contributed by atoms with Gasteiger partial charge in [-0.05, 0) is 55.7 Å². The normalized spacial score (nSPS) is 27.5. The zero-order valence-electron chi connectivity index (χ0n) is 15.5. The first kappa shape index (κ1) is 18.3. The number of hydrogen-bond acceptors (Lipinski definition) is 5. The SMILES string of the molecule is O=C(Nc1nc2ccc(S(=O)(=O)N3CCCCC3)cc2s1)[C@@H]1C[C@@H]2C=C[C@H]1C2. The molecular formula is C20H23N3O3S2. The van der Waals surface area contributed by atoms with Gasteiger partial charge in [-0.25, -0.2) is 13.4 Å². The first-order valence-corrected chi connectivity index (χ1v) is 12.2. The number of sulfonamides is 1. The molecule has 5 rings (SSSR count). The van der Waals surface area contributed by atoms with E-state index in [4.69, 9.17) is 0 Å². The van der Waals surface area contributed by atoms with Crippen LogP contribution in [0.3, 0.4) is 0 Å². The number of carbonyl (C=O) groups excluding carboxylic acids is 1. The van der Waals surface area contributed by atoms with Crippen LogP contribution in [0, 0.1) is 17.8 Å². The van der Waals surface area contributed by atoms with Gasteiger partial charge in [0.05, 0.1) is 15.1 Å². The van der Waals surface area contributed by atoms with E-state index in [0.29, 0.717) is 40.5 Å². The molecule has 8 heteroatoms. The number of amides is 1. The molecular weight excluding hydrogens is 394 g/mol. The summed E-state index contributed by atoms with van der Waals surface area (Å²) in [6, 6.07) is 5.05. The third-order valence-corrected chi connectivity index (χ3v) is 8.99. The molecule has 2 aliphatic carbocycles. The fourth-order valence-corrected chi connectivity index (χ4v) is 7.18. The van der Waals surface area contributed by atoms with Crippen LogP contribution in [-0.2, 0) is 14.8 Å². The minimum Gasteiger partial charge on any atom is -0.302 e. The molecule has 1 amide bonds. The van der Waals surface area contributed by atoms with Crippen LogP contribution in [-0.4, -0.2) is 36.7 Å². The number of nitrogens with zero attached hydrogens (tertiary/aromatic N) is 2. The summed E-state index contributed by atoms with van der Waals surface area (Å²) in [6.45, 7) is 1.17. The van der Waals surface area contributed by atoms with E-state index in [0.717, 1.165) is 36.8 Å². The molecule has 3 atom stereocenters. The van der Waals surface area contributed by atoms with E-state index in [2.05, 4.69) is 22.5 Å². The minimum atomic E-state index is -3.47. The lowest BCUT2D eigenvalue weighted by Crippen LogP contribution is -2.35. The first-order valence-electron chi connectivity index (χ1n) is 9.91. The summed E-state index contributed by atoms with van der Waals surface area (Å²) in [6.07, 6.45) is 9.28. The van der Waals surface area contributed by atoms with Crippen LogP contribution in [0.1, 0.15) is 32.1 Å². The van der Waals surface area contributed by atoms with Gasteiger partial charge in [0, 0.05) is 19.0 Å². The van der Waals surface area contributed by atoms with E-state index in [1.165, 1.54) is 11.3 Å². The Labute approximate surface area is 168 Å². The Hall–Kier alpha value is -1.77. The van der Waals surface area contributed by atoms with Gasteiger partial charge in [0.25, 0.3) is 0 Å². The van der Waals surface area contributed by atoms with Gasteiger partial charge in [-0.3, -0.25) is 4.79 Å². The maximum absolute atomic E-state index is 12.9. The van der Waals surface area contributed by atoms with Gasteiger partial charge in [-0.1, -0.05) is 29.9 Å². The summed E-state index contributed by atoms with van der Waals surface area (Å²) in [5, 5.41) is 3.50. The number of rotatable bonds is 4. The molecule has 0 radical (unpaired) electrons. The van der Waals surface area contributed by atoms with Crippen molar-refractivity contribution >= 4 is 42.6 Å². The second kappa shape index (κ2) is 6.93. The molecule has 0 spiro atoms. The number of piperidine rings is 1. The largest absolute Gasteiger partial charge is 0.302 e. The van der Waals surface area contributed by atoms with Crippen molar-refractivity contribution in [2.45, 2.75) is 37.0 Å². The Morgan fingerprint density at radius 3 is 2.68 bits per heavy atom. The predicted molar refractivity (Wildman–Crippen MR) is 110 cm³/mol. The third kappa shape index (κ3) is 3.17. The van der Waals surface area contributed by atoms with Crippen LogP contribution < -0.4 is 5.32 Å². The molecule has 28 heavy (non-hydrogen) atoms. The molecule has 2 bridgehead atoms. The quantitative estimate of drug-likeness (QED) is 0.771. The monoisotopic (exact) mass is 417 g/mol. The van der Waals surface area contributed by atoms with Gasteiger partial charge in [0.1, 0.15) is 0 Å². The van der Waals surface area contributed by atoms with Gasteiger partial charge < -0.3 is 5.32 Å². The van der Waals surface area contributed by atoms with Crippen LogP contribution in [0.4, 0.5) is 5.13 Å². The summed E-state index contributed by atoms with van der Waals surface area (Å²) in [5.74, 6) is 0.938. The van der Waals surface area contributed by atoms with Crippen molar-refractivity contribution in [1.29, 1.82) is 0 Å². The number of thiazole rings is 1. The Bertz CT molecular complexity index is 1050. The molecule has 1 aromatic heterocycles. The number of benzene rings is 1. The molecule has 2 heterocycles. The van der Waals surface area contributed by atoms with Crippen molar-refractivity contribution in [3.8, 4) is 0 Å². The average Bonchev–Trinajstić information content (AvgIpc) is 3.43. The number of fused-ring (bicyclic) bond motifs is 3. The number of hydrogen-bond donors (Lipinski definition) is 1. The highest BCUT2D eigenvalue weighted by Crippen LogP contribution is 2.44. The molecule has 1 saturated carbocycles. The van der Waals surface area contributed by atoms with E-state index in [-0.39, 0.29) is 11.8 Å². The van der Waals surface area contributed by atoms with Crippen molar-refractivity contribution in [3.63, 3.8) is 0 Å². The van der Waals surface area contributed by atoms with Crippen molar-refractivity contribution in [3.05, 3.63) is 30.4 Å². The first-order chi connectivity index (χ1) is 13.5. The van der Waals surface area contributed by atoms with Gasteiger partial charge >= 0.3 is 0 Å². The van der Waals surface area contributed by atoms with Crippen LogP contribution in [0.2, 0.25) is 0 Å². The molecule has 2 aromatic rings. The lowest BCUT2D eigenvalue weighted by Gasteiger charge is -2.25. The van der Waals surface area contributed by atoms with Crippen molar-refractivity contribution < 1.29 is 13.2 Å². The number of carbonyl (C=O) groups is 1. The predicted octanol–water partition coefficient (Wildman–Crippen LogP) is 3.62. The van der Waals surface area contributed by atoms with Gasteiger partial charge in [-0.2, -0.15) is 4.31 Å². The maximum Gasteiger partial charge on any atom is 0.243 e. The van der Waals surface area contributed by atoms with E-state index in [1.807, 2.05) is 0 Å². The van der Waals surface area contributed by atoms with Gasteiger partial charge in [-0.15, -0.1) is 0 Å². The lowest BCUT2D eigenvalue weighted by atomic mass is 9.93. The highest BCUT2D eigenvalue weighted by atomic mass is 32.2. The van der Waals surface area contributed by atoms with E-state index >= 15 is 0 Å². The molecule has 148 valence electrons. The molecule has 1 saturated heterocycles. The Balaban J connectivity index is 1.36. The van der Waals surface area contributed by atoms with Crippen LogP contribution in [0.5, 0.6) is 0 Å². The van der Waals surface area contributed by atoms with E-state index < -0.39 is 10.0 Å². The number of allylic oxidation sites excluding steroid dienone is 2. The highest BCUT2D eigenvalue weighted by molar-refractivity contribution is 7.89. The third-order valence-electron chi connectivity index (χ3n) is 6.16. The summed E-state index contributed by atoms with van der Waals surface area (Å²) in [7, 11) is -3.47. The minimum absolute atomic E-state index is 0.0250. The maximum atomic E-state index is 12.9. The van der Waals surface area contributed by atoms with Crippen molar-refractivity contribution in [2.75, 3.05) is 18.4 Å². The van der Waals surface area contributed by atoms with E-state index in [9.17, 15) is 13.2 Å². The van der Waals surface area contributed by atoms with Crippen LogP contribution >= 0.6 is 11.3 Å². The van der Waals surface area contributed by atoms with Crippen LogP contribution in [0.15, 0.2) is 35.2 Å². The fourth-order valence-electron chi connectivity index (χ4n) is 4.65. The standard InChI is InChI=1S/C20H23N3O3S2/c24-19(16-11-13-4-5-14(16)10-13)22-20-21-17-7-6-15(12-18(17)27-20)28(25,26)23-8-2-1-3-9-23/h4-7,12-14,16H,1-3,8-11H2,(H,21,22,24)/t13-,14+,16-/m1/s1. The summed E-state index contributed by atoms with van der Waals surface area (Å²) in [5.41, 5.74) is 0.714. The van der Waals surface area contributed by atoms with Crippen molar-refractivity contribution in [2.24, 2.45) is 17.8 Å². The number of nitrogens with one attached hydrogen (secondary N) is 1. The Morgan fingerprint density at radius 1 is 1.14 bits per heavy atom. The van der Waals surface area contributed by atoms with E-state index in [1.54, 1.807) is 22.5 Å². The fraction of sp³-hybridized carbons (Fsp3) is 0.500. The Kier molecular flexibility index (Phi) is 4.52. The molecule has 6 nitrogen and oxygen atoms in total. The second-order valence-electron chi connectivity index (χ2n) is 7.99. The topological polar surface area (TPSA) is 79.4 Å². The molecule has 0 unspecified atom stereocenters. The zero-order valence-corrected chi connectivity index (χ0v) is 17.1.